The van der Waals surface area contributed by atoms with Crippen LogP contribution in [-0.2, 0) is 13.1 Å². The molecule has 0 fully saturated rings. The zero-order valence-corrected chi connectivity index (χ0v) is 23.9. The van der Waals surface area contributed by atoms with Crippen LogP contribution in [0.15, 0.2) is 121 Å². The average molecular weight is 626 g/mol. The van der Waals surface area contributed by atoms with Crippen LogP contribution < -0.4 is 9.18 Å². The SMILES string of the molecule is c1ccc(Cn2nnc(-c3ccccc3)c2[Se][Se]c2c(-c3ccccc3)nnn2Cc2ccccc2)cc1. The van der Waals surface area contributed by atoms with Crippen LogP contribution in [0.1, 0.15) is 11.1 Å². The van der Waals surface area contributed by atoms with Crippen molar-refractivity contribution in [1.29, 1.82) is 0 Å². The summed E-state index contributed by atoms with van der Waals surface area (Å²) in [5.74, 6) is 0. The summed E-state index contributed by atoms with van der Waals surface area (Å²) in [4.78, 5) is 0. The molecule has 0 saturated heterocycles. The van der Waals surface area contributed by atoms with E-state index < -0.39 is 0 Å². The molecule has 6 aromatic rings. The van der Waals surface area contributed by atoms with Crippen LogP contribution in [-0.4, -0.2) is 56.3 Å². The van der Waals surface area contributed by atoms with E-state index >= 15 is 0 Å². The van der Waals surface area contributed by atoms with E-state index in [4.69, 9.17) is 0 Å². The Balaban J connectivity index is 1.37. The van der Waals surface area contributed by atoms with E-state index in [9.17, 15) is 0 Å². The maximum absolute atomic E-state index is 4.65. The molecule has 2 heterocycles. The van der Waals surface area contributed by atoms with Crippen LogP contribution in [0.2, 0.25) is 0 Å². The first-order valence-corrected chi connectivity index (χ1v) is 18.3. The monoisotopic (exact) mass is 628 g/mol. The summed E-state index contributed by atoms with van der Waals surface area (Å²) < 4.78 is 6.54. The molecular weight excluding hydrogens is 602 g/mol. The summed E-state index contributed by atoms with van der Waals surface area (Å²) in [6, 6.07) is 41.6. The van der Waals surface area contributed by atoms with Crippen LogP contribution in [0.3, 0.4) is 0 Å². The van der Waals surface area contributed by atoms with Gasteiger partial charge in [-0.1, -0.05) is 0 Å². The third kappa shape index (κ3) is 5.54. The van der Waals surface area contributed by atoms with Crippen molar-refractivity contribution in [2.75, 3.05) is 0 Å². The Hall–Kier alpha value is -3.80. The topological polar surface area (TPSA) is 61.4 Å². The van der Waals surface area contributed by atoms with Crippen molar-refractivity contribution in [3.05, 3.63) is 132 Å². The standard InChI is InChI=1S/C30H24N6Se2/c1-5-13-23(14-6-1)21-35-29(27(31-33-35)25-17-9-3-10-18-25)37-38-30-28(26-19-11-4-12-20-26)32-34-36(30)22-24-15-7-2-8-16-24/h1-20H,21-22H2. The number of hydrogen-bond donors (Lipinski definition) is 0. The Bertz CT molecular complexity index is 1480. The summed E-state index contributed by atoms with van der Waals surface area (Å²) in [5, 5.41) is 18.5. The Morgan fingerprint density at radius 1 is 0.447 bits per heavy atom. The van der Waals surface area contributed by atoms with Gasteiger partial charge < -0.3 is 0 Å². The molecule has 8 heteroatoms. The van der Waals surface area contributed by atoms with Crippen molar-refractivity contribution in [2.24, 2.45) is 0 Å². The van der Waals surface area contributed by atoms with Gasteiger partial charge in [-0.3, -0.25) is 0 Å². The summed E-state index contributed by atoms with van der Waals surface area (Å²) in [6.45, 7) is 1.39. The van der Waals surface area contributed by atoms with Gasteiger partial charge in [0, 0.05) is 0 Å². The van der Waals surface area contributed by atoms with E-state index in [2.05, 4.69) is 127 Å². The molecule has 0 aliphatic carbocycles. The van der Waals surface area contributed by atoms with Crippen molar-refractivity contribution in [3.63, 3.8) is 0 Å². The van der Waals surface area contributed by atoms with E-state index in [0.717, 1.165) is 22.5 Å². The Kier molecular flexibility index (Phi) is 7.56. The molecule has 0 spiro atoms. The number of rotatable bonds is 9. The quantitative estimate of drug-likeness (QED) is 0.231. The van der Waals surface area contributed by atoms with Crippen LogP contribution in [0.4, 0.5) is 0 Å². The molecule has 2 aromatic heterocycles. The van der Waals surface area contributed by atoms with Crippen molar-refractivity contribution >= 4 is 35.4 Å². The third-order valence-corrected chi connectivity index (χ3v) is 12.9. The van der Waals surface area contributed by atoms with Crippen LogP contribution in [0.25, 0.3) is 22.5 Å². The fraction of sp³-hybridized carbons (Fsp3) is 0.0667. The van der Waals surface area contributed by atoms with Gasteiger partial charge in [0.05, 0.1) is 0 Å². The first-order chi connectivity index (χ1) is 18.8. The third-order valence-electron chi connectivity index (χ3n) is 6.02. The van der Waals surface area contributed by atoms with Crippen LogP contribution in [0, 0.1) is 0 Å². The number of nitrogens with zero attached hydrogens (tertiary/aromatic N) is 6. The summed E-state index contributed by atoms with van der Waals surface area (Å²) >= 11 is 0.187. The second-order valence-electron chi connectivity index (χ2n) is 8.67. The van der Waals surface area contributed by atoms with Crippen molar-refractivity contribution in [1.82, 2.24) is 30.0 Å². The zero-order valence-electron chi connectivity index (χ0n) is 20.5. The van der Waals surface area contributed by atoms with Gasteiger partial charge in [0.2, 0.25) is 0 Å². The fourth-order valence-corrected chi connectivity index (χ4v) is 11.6. The van der Waals surface area contributed by atoms with Crippen molar-refractivity contribution in [2.45, 2.75) is 13.1 Å². The molecule has 186 valence electrons. The molecule has 0 N–H and O–H groups in total. The van der Waals surface area contributed by atoms with E-state index in [0.29, 0.717) is 13.1 Å². The normalized spacial score (nSPS) is 11.1. The molecule has 0 aliphatic rings. The van der Waals surface area contributed by atoms with Crippen molar-refractivity contribution < 1.29 is 0 Å². The van der Waals surface area contributed by atoms with E-state index in [1.54, 1.807) is 0 Å². The maximum atomic E-state index is 4.65. The molecule has 0 amide bonds. The van der Waals surface area contributed by atoms with Gasteiger partial charge in [-0.2, -0.15) is 0 Å². The molecule has 6 rings (SSSR count). The molecule has 0 aliphatic heterocycles. The second-order valence-corrected chi connectivity index (χ2v) is 14.6. The van der Waals surface area contributed by atoms with Gasteiger partial charge in [0.1, 0.15) is 0 Å². The van der Waals surface area contributed by atoms with Gasteiger partial charge in [-0.25, -0.2) is 0 Å². The van der Waals surface area contributed by atoms with Gasteiger partial charge in [0.15, 0.2) is 0 Å². The first kappa shape index (κ1) is 24.5. The van der Waals surface area contributed by atoms with Gasteiger partial charge in [-0.15, -0.1) is 0 Å². The van der Waals surface area contributed by atoms with E-state index in [1.807, 2.05) is 24.3 Å². The number of benzene rings is 4. The summed E-state index contributed by atoms with van der Waals surface area (Å²) in [7, 11) is 0. The van der Waals surface area contributed by atoms with Crippen LogP contribution >= 0.6 is 0 Å². The molecule has 4 aromatic carbocycles. The Morgan fingerprint density at radius 2 is 0.789 bits per heavy atom. The molecule has 6 nitrogen and oxygen atoms in total. The van der Waals surface area contributed by atoms with Gasteiger partial charge in [-0.05, 0) is 0 Å². The fourth-order valence-electron chi connectivity index (χ4n) is 4.13. The molecule has 0 atom stereocenters. The van der Waals surface area contributed by atoms with E-state index in [-0.39, 0.29) is 26.3 Å². The van der Waals surface area contributed by atoms with Crippen LogP contribution in [0.5, 0.6) is 0 Å². The number of aromatic nitrogens is 6. The predicted octanol–water partition coefficient (Wildman–Crippen LogP) is 3.57. The minimum absolute atomic E-state index is 0.0934. The molecule has 0 unspecified atom stereocenters. The Labute approximate surface area is 232 Å². The predicted molar refractivity (Wildman–Crippen MR) is 153 cm³/mol. The number of hydrogen-bond acceptors (Lipinski definition) is 4. The van der Waals surface area contributed by atoms with E-state index in [1.165, 1.54) is 20.3 Å². The van der Waals surface area contributed by atoms with Crippen molar-refractivity contribution in [3.8, 4) is 22.5 Å². The molecule has 38 heavy (non-hydrogen) atoms. The van der Waals surface area contributed by atoms with Gasteiger partial charge >= 0.3 is 233 Å². The average Bonchev–Trinajstić information content (AvgIpc) is 3.57. The summed E-state index contributed by atoms with van der Waals surface area (Å²) in [6.07, 6.45) is 0. The molecule has 0 bridgehead atoms. The summed E-state index contributed by atoms with van der Waals surface area (Å²) in [5.41, 5.74) is 6.54. The molecular formula is C30H24N6Se2. The zero-order chi connectivity index (χ0) is 25.6. The Morgan fingerprint density at radius 3 is 1.16 bits per heavy atom. The van der Waals surface area contributed by atoms with Gasteiger partial charge in [0.25, 0.3) is 0 Å². The second kappa shape index (κ2) is 11.7. The molecule has 0 saturated carbocycles. The first-order valence-electron chi connectivity index (χ1n) is 12.3. The molecule has 0 radical (unpaired) electrons. The minimum atomic E-state index is 0.0934.